The molecule has 0 atom stereocenters. The largest absolute Gasteiger partial charge is 0.312 e. The third-order valence-electron chi connectivity index (χ3n) is 5.69. The van der Waals surface area contributed by atoms with Crippen LogP contribution in [0.2, 0.25) is 0 Å². The summed E-state index contributed by atoms with van der Waals surface area (Å²) in [6.45, 7) is 1.51. The van der Waals surface area contributed by atoms with Crippen molar-refractivity contribution in [3.8, 4) is 11.1 Å². The van der Waals surface area contributed by atoms with E-state index >= 15 is 0 Å². The lowest BCUT2D eigenvalue weighted by Gasteiger charge is -2.20. The highest BCUT2D eigenvalue weighted by molar-refractivity contribution is 5.64. The van der Waals surface area contributed by atoms with Crippen molar-refractivity contribution in [2.24, 2.45) is 0 Å². The summed E-state index contributed by atoms with van der Waals surface area (Å²) >= 11 is 0. The van der Waals surface area contributed by atoms with Gasteiger partial charge in [0.1, 0.15) is 5.82 Å². The molecule has 1 fully saturated rings. The molecule has 2 N–H and O–H groups in total. The summed E-state index contributed by atoms with van der Waals surface area (Å²) in [5.41, 5.74) is 5.34. The second-order valence-corrected chi connectivity index (χ2v) is 7.29. The van der Waals surface area contributed by atoms with Gasteiger partial charge in [0.05, 0.1) is 16.7 Å². The summed E-state index contributed by atoms with van der Waals surface area (Å²) in [6, 6.07) is 19.1. The summed E-state index contributed by atoms with van der Waals surface area (Å²) in [6.07, 6.45) is 2.91. The van der Waals surface area contributed by atoms with E-state index in [0.29, 0.717) is 6.54 Å². The van der Waals surface area contributed by atoms with E-state index in [-0.39, 0.29) is 11.0 Å². The number of rotatable bonds is 3. The van der Waals surface area contributed by atoms with Crippen LogP contribution < -0.4 is 10.9 Å². The monoisotopic (exact) mass is 343 g/mol. The first kappa shape index (κ1) is 15.5. The maximum Gasteiger partial charge on any atom is 0.255 e. The van der Waals surface area contributed by atoms with Gasteiger partial charge in [0.15, 0.2) is 0 Å². The fourth-order valence-electron chi connectivity index (χ4n) is 3.98. The summed E-state index contributed by atoms with van der Waals surface area (Å²) < 4.78 is 0. The SMILES string of the molecule is O=c1[nH]c(C2(c3ccc(-c4ccccc4)cc3)CC2)nc2c1CNCC2. The van der Waals surface area contributed by atoms with E-state index in [1.807, 2.05) is 6.07 Å². The maximum atomic E-state index is 12.5. The van der Waals surface area contributed by atoms with Gasteiger partial charge in [-0.2, -0.15) is 0 Å². The number of H-pyrrole nitrogens is 1. The van der Waals surface area contributed by atoms with Gasteiger partial charge in [-0.1, -0.05) is 54.6 Å². The summed E-state index contributed by atoms with van der Waals surface area (Å²) in [7, 11) is 0. The zero-order valence-electron chi connectivity index (χ0n) is 14.6. The minimum atomic E-state index is -0.117. The van der Waals surface area contributed by atoms with Crippen LogP contribution in [0, 0.1) is 0 Å². The highest BCUT2D eigenvalue weighted by atomic mass is 16.1. The molecule has 3 aromatic rings. The average molecular weight is 343 g/mol. The molecule has 130 valence electrons. The molecule has 1 aliphatic heterocycles. The molecule has 5 rings (SSSR count). The molecule has 2 aromatic carbocycles. The molecule has 1 saturated carbocycles. The Hall–Kier alpha value is -2.72. The van der Waals surface area contributed by atoms with Crippen molar-refractivity contribution in [2.45, 2.75) is 31.2 Å². The molecule has 0 unspecified atom stereocenters. The fraction of sp³-hybridized carbons (Fsp3) is 0.273. The van der Waals surface area contributed by atoms with Gasteiger partial charge in [0.25, 0.3) is 5.56 Å². The predicted octanol–water partition coefficient (Wildman–Crippen LogP) is 3.16. The molecule has 1 aromatic heterocycles. The normalized spacial score (nSPS) is 17.5. The second kappa shape index (κ2) is 5.92. The van der Waals surface area contributed by atoms with Gasteiger partial charge in [-0.15, -0.1) is 0 Å². The third kappa shape index (κ3) is 2.49. The van der Waals surface area contributed by atoms with Crippen LogP contribution in [0.25, 0.3) is 11.1 Å². The first-order valence-electron chi connectivity index (χ1n) is 9.25. The lowest BCUT2D eigenvalue weighted by Crippen LogP contribution is -2.33. The van der Waals surface area contributed by atoms with Crippen LogP contribution in [-0.4, -0.2) is 16.5 Å². The fourth-order valence-corrected chi connectivity index (χ4v) is 3.98. The van der Waals surface area contributed by atoms with Crippen LogP contribution in [0.15, 0.2) is 59.4 Å². The van der Waals surface area contributed by atoms with Crippen molar-refractivity contribution in [1.82, 2.24) is 15.3 Å². The molecule has 2 heterocycles. The highest BCUT2D eigenvalue weighted by Gasteiger charge is 2.48. The topological polar surface area (TPSA) is 57.8 Å². The lowest BCUT2D eigenvalue weighted by molar-refractivity contribution is 0.604. The van der Waals surface area contributed by atoms with Gasteiger partial charge in [0.2, 0.25) is 0 Å². The van der Waals surface area contributed by atoms with Crippen LogP contribution in [0.5, 0.6) is 0 Å². The minimum absolute atomic E-state index is 0.0179. The van der Waals surface area contributed by atoms with Gasteiger partial charge in [-0.25, -0.2) is 4.98 Å². The highest BCUT2D eigenvalue weighted by Crippen LogP contribution is 2.52. The van der Waals surface area contributed by atoms with E-state index in [1.54, 1.807) is 0 Å². The van der Waals surface area contributed by atoms with E-state index in [4.69, 9.17) is 4.98 Å². The number of nitrogens with one attached hydrogen (secondary N) is 2. The molecule has 1 aliphatic carbocycles. The van der Waals surface area contributed by atoms with Crippen LogP contribution in [0.3, 0.4) is 0 Å². The Labute approximate surface area is 152 Å². The Morgan fingerprint density at radius 3 is 2.38 bits per heavy atom. The van der Waals surface area contributed by atoms with Gasteiger partial charge >= 0.3 is 0 Å². The number of hydrogen-bond donors (Lipinski definition) is 2. The molecule has 26 heavy (non-hydrogen) atoms. The average Bonchev–Trinajstić information content (AvgIpc) is 3.51. The van der Waals surface area contributed by atoms with E-state index < -0.39 is 0 Å². The van der Waals surface area contributed by atoms with Crippen molar-refractivity contribution < 1.29 is 0 Å². The van der Waals surface area contributed by atoms with E-state index in [1.165, 1.54) is 16.7 Å². The van der Waals surface area contributed by atoms with Crippen molar-refractivity contribution in [3.63, 3.8) is 0 Å². The number of fused-ring (bicyclic) bond motifs is 1. The van der Waals surface area contributed by atoms with Crippen LogP contribution in [-0.2, 0) is 18.4 Å². The number of aromatic nitrogens is 2. The Morgan fingerprint density at radius 2 is 1.65 bits per heavy atom. The van der Waals surface area contributed by atoms with Crippen LogP contribution in [0.4, 0.5) is 0 Å². The summed E-state index contributed by atoms with van der Waals surface area (Å²) in [4.78, 5) is 20.4. The number of benzene rings is 2. The predicted molar refractivity (Wildman–Crippen MR) is 102 cm³/mol. The number of nitrogens with zero attached hydrogens (tertiary/aromatic N) is 1. The minimum Gasteiger partial charge on any atom is -0.312 e. The summed E-state index contributed by atoms with van der Waals surface area (Å²) in [5, 5.41) is 3.25. The van der Waals surface area contributed by atoms with E-state index in [0.717, 1.165) is 42.9 Å². The van der Waals surface area contributed by atoms with Gasteiger partial charge in [-0.3, -0.25) is 4.79 Å². The van der Waals surface area contributed by atoms with Crippen molar-refractivity contribution in [3.05, 3.63) is 87.6 Å². The van der Waals surface area contributed by atoms with Crippen molar-refractivity contribution >= 4 is 0 Å². The molecule has 0 saturated heterocycles. The van der Waals surface area contributed by atoms with Crippen molar-refractivity contribution in [2.75, 3.05) is 6.54 Å². The molecule has 4 heteroatoms. The van der Waals surface area contributed by atoms with E-state index in [9.17, 15) is 4.79 Å². The smallest absolute Gasteiger partial charge is 0.255 e. The van der Waals surface area contributed by atoms with Gasteiger partial charge in [-0.05, 0) is 29.5 Å². The first-order chi connectivity index (χ1) is 12.8. The Balaban J connectivity index is 1.52. The quantitative estimate of drug-likeness (QED) is 0.768. The third-order valence-corrected chi connectivity index (χ3v) is 5.69. The molecule has 0 spiro atoms. The zero-order valence-corrected chi connectivity index (χ0v) is 14.6. The first-order valence-corrected chi connectivity index (χ1v) is 9.25. The maximum absolute atomic E-state index is 12.5. The zero-order chi connectivity index (χ0) is 17.6. The molecule has 0 amide bonds. The van der Waals surface area contributed by atoms with Crippen molar-refractivity contribution in [1.29, 1.82) is 0 Å². The standard InChI is InChI=1S/C22H21N3O/c26-20-18-14-23-13-10-19(18)24-21(25-20)22(11-12-22)17-8-6-16(7-9-17)15-4-2-1-3-5-15/h1-9,23H,10-14H2,(H,24,25,26). The van der Waals surface area contributed by atoms with Gasteiger partial charge in [0, 0.05) is 19.5 Å². The molecular formula is C22H21N3O. The Bertz CT molecular complexity index is 1000. The van der Waals surface area contributed by atoms with Crippen LogP contribution in [0.1, 0.15) is 35.5 Å². The second-order valence-electron chi connectivity index (χ2n) is 7.29. The van der Waals surface area contributed by atoms with Gasteiger partial charge < -0.3 is 10.3 Å². The summed E-state index contributed by atoms with van der Waals surface area (Å²) in [5.74, 6) is 0.843. The van der Waals surface area contributed by atoms with E-state index in [2.05, 4.69) is 58.8 Å². The van der Waals surface area contributed by atoms with Crippen LogP contribution >= 0.6 is 0 Å². The molecule has 4 nitrogen and oxygen atoms in total. The number of aromatic amines is 1. The Morgan fingerprint density at radius 1 is 0.923 bits per heavy atom. The molecule has 2 aliphatic rings. The molecular weight excluding hydrogens is 322 g/mol. The Kier molecular flexibility index (Phi) is 3.54. The number of hydrogen-bond acceptors (Lipinski definition) is 3. The lowest BCUT2D eigenvalue weighted by atomic mass is 9.92. The molecule has 0 radical (unpaired) electrons. The molecule has 0 bridgehead atoms.